The van der Waals surface area contributed by atoms with E-state index in [0.29, 0.717) is 22.2 Å². The third-order valence-electron chi connectivity index (χ3n) is 2.65. The maximum atomic E-state index is 13.6. The predicted molar refractivity (Wildman–Crippen MR) is 74.4 cm³/mol. The first-order valence-corrected chi connectivity index (χ1v) is 6.73. The van der Waals surface area contributed by atoms with Gasteiger partial charge in [0.1, 0.15) is 11.3 Å². The molecule has 0 amide bonds. The first-order valence-electron chi connectivity index (χ1n) is 5.74. The van der Waals surface area contributed by atoms with Crippen molar-refractivity contribution in [2.24, 2.45) is 0 Å². The van der Waals surface area contributed by atoms with Crippen LogP contribution in [0.2, 0.25) is 0 Å². The Balaban J connectivity index is 1.78. The third-order valence-corrected chi connectivity index (χ3v) is 3.68. The molecule has 0 bridgehead atoms. The zero-order valence-electron chi connectivity index (χ0n) is 9.97. The number of thioether (sulfide) groups is 1. The Kier molecular flexibility index (Phi) is 3.13. The van der Waals surface area contributed by atoms with Gasteiger partial charge in [0, 0.05) is 10.6 Å². The lowest BCUT2D eigenvalue weighted by atomic mass is 10.3. The molecule has 0 aliphatic carbocycles. The van der Waals surface area contributed by atoms with E-state index in [1.165, 1.54) is 17.8 Å². The van der Waals surface area contributed by atoms with Crippen LogP contribution in [0.3, 0.4) is 0 Å². The summed E-state index contributed by atoms with van der Waals surface area (Å²) in [7, 11) is 0. The van der Waals surface area contributed by atoms with Gasteiger partial charge in [0.15, 0.2) is 5.58 Å². The summed E-state index contributed by atoms with van der Waals surface area (Å²) in [5, 5.41) is 0. The first kappa shape index (κ1) is 12.0. The van der Waals surface area contributed by atoms with E-state index in [1.54, 1.807) is 12.1 Å². The summed E-state index contributed by atoms with van der Waals surface area (Å²) < 4.78 is 19.2. The molecule has 1 aromatic heterocycles. The number of fused-ring (bicyclic) bond motifs is 1. The number of anilines is 1. The topological polar surface area (TPSA) is 52.0 Å². The van der Waals surface area contributed by atoms with Crippen LogP contribution < -0.4 is 5.73 Å². The van der Waals surface area contributed by atoms with Gasteiger partial charge in [0.2, 0.25) is 5.89 Å². The van der Waals surface area contributed by atoms with E-state index in [9.17, 15) is 4.39 Å². The highest BCUT2D eigenvalue weighted by Gasteiger charge is 2.08. The SMILES string of the molecule is Nc1ccc(SCc2nc3ccccc3o2)c(F)c1. The number of oxazole rings is 1. The molecule has 0 spiro atoms. The summed E-state index contributed by atoms with van der Waals surface area (Å²) >= 11 is 1.34. The number of para-hydroxylation sites is 2. The number of rotatable bonds is 3. The average Bonchev–Trinajstić information content (AvgIpc) is 2.80. The maximum Gasteiger partial charge on any atom is 0.205 e. The van der Waals surface area contributed by atoms with E-state index < -0.39 is 0 Å². The van der Waals surface area contributed by atoms with E-state index in [0.717, 1.165) is 11.1 Å². The Morgan fingerprint density at radius 1 is 1.21 bits per heavy atom. The Labute approximate surface area is 113 Å². The molecule has 3 aromatic rings. The van der Waals surface area contributed by atoms with Gasteiger partial charge in [-0.15, -0.1) is 11.8 Å². The number of benzene rings is 2. The van der Waals surface area contributed by atoms with Crippen LogP contribution in [0, 0.1) is 5.82 Å². The van der Waals surface area contributed by atoms with Crippen molar-refractivity contribution in [3.63, 3.8) is 0 Å². The Morgan fingerprint density at radius 3 is 2.84 bits per heavy atom. The molecule has 5 heteroatoms. The van der Waals surface area contributed by atoms with Crippen molar-refractivity contribution in [2.45, 2.75) is 10.6 Å². The molecule has 0 unspecified atom stereocenters. The van der Waals surface area contributed by atoms with Crippen LogP contribution in [0.5, 0.6) is 0 Å². The largest absolute Gasteiger partial charge is 0.440 e. The number of nitrogens with two attached hydrogens (primary N) is 1. The van der Waals surface area contributed by atoms with Crippen LogP contribution in [-0.4, -0.2) is 4.98 Å². The fourth-order valence-corrected chi connectivity index (χ4v) is 2.52. The van der Waals surface area contributed by atoms with Gasteiger partial charge in [0.05, 0.1) is 5.75 Å². The lowest BCUT2D eigenvalue weighted by molar-refractivity contribution is 0.555. The molecule has 96 valence electrons. The summed E-state index contributed by atoms with van der Waals surface area (Å²) in [5.74, 6) is 0.749. The summed E-state index contributed by atoms with van der Waals surface area (Å²) in [6.45, 7) is 0. The molecule has 1 heterocycles. The number of nitrogens with zero attached hydrogens (tertiary/aromatic N) is 1. The number of halogens is 1. The summed E-state index contributed by atoms with van der Waals surface area (Å²) in [4.78, 5) is 4.88. The quantitative estimate of drug-likeness (QED) is 0.582. The van der Waals surface area contributed by atoms with Crippen LogP contribution in [0.1, 0.15) is 5.89 Å². The number of nitrogen functional groups attached to an aromatic ring is 1. The molecular weight excluding hydrogens is 263 g/mol. The number of hydrogen-bond donors (Lipinski definition) is 1. The van der Waals surface area contributed by atoms with E-state index in [4.69, 9.17) is 10.2 Å². The molecule has 3 rings (SSSR count). The molecule has 2 N–H and O–H groups in total. The normalized spacial score (nSPS) is 11.0. The van der Waals surface area contributed by atoms with Gasteiger partial charge in [-0.05, 0) is 30.3 Å². The van der Waals surface area contributed by atoms with Crippen LogP contribution >= 0.6 is 11.8 Å². The second-order valence-corrected chi connectivity index (χ2v) is 5.07. The van der Waals surface area contributed by atoms with Crippen LogP contribution in [-0.2, 0) is 5.75 Å². The van der Waals surface area contributed by atoms with Crippen molar-refractivity contribution in [3.8, 4) is 0 Å². The van der Waals surface area contributed by atoms with Crippen molar-refractivity contribution < 1.29 is 8.81 Å². The lowest BCUT2D eigenvalue weighted by Gasteiger charge is -2.01. The molecule has 0 aliphatic rings. The van der Waals surface area contributed by atoms with Gasteiger partial charge in [0.25, 0.3) is 0 Å². The highest BCUT2D eigenvalue weighted by molar-refractivity contribution is 7.98. The van der Waals surface area contributed by atoms with E-state index in [2.05, 4.69) is 4.98 Å². The molecule has 0 radical (unpaired) electrons. The smallest absolute Gasteiger partial charge is 0.205 e. The Morgan fingerprint density at radius 2 is 2.05 bits per heavy atom. The van der Waals surface area contributed by atoms with Crippen molar-refractivity contribution in [2.75, 3.05) is 5.73 Å². The van der Waals surface area contributed by atoms with Gasteiger partial charge in [-0.2, -0.15) is 0 Å². The van der Waals surface area contributed by atoms with Crippen molar-refractivity contribution in [1.29, 1.82) is 0 Å². The lowest BCUT2D eigenvalue weighted by Crippen LogP contribution is -1.88. The second-order valence-electron chi connectivity index (χ2n) is 4.05. The molecule has 19 heavy (non-hydrogen) atoms. The van der Waals surface area contributed by atoms with Gasteiger partial charge >= 0.3 is 0 Å². The van der Waals surface area contributed by atoms with Crippen LogP contribution in [0.25, 0.3) is 11.1 Å². The summed E-state index contributed by atoms with van der Waals surface area (Å²) in [5.41, 5.74) is 7.49. The van der Waals surface area contributed by atoms with Crippen molar-refractivity contribution in [1.82, 2.24) is 4.98 Å². The average molecular weight is 274 g/mol. The molecular formula is C14H11FN2OS. The van der Waals surface area contributed by atoms with Gasteiger partial charge in [-0.25, -0.2) is 9.37 Å². The molecule has 0 fully saturated rings. The monoisotopic (exact) mass is 274 g/mol. The molecule has 0 saturated carbocycles. The fraction of sp³-hybridized carbons (Fsp3) is 0.0714. The van der Waals surface area contributed by atoms with Gasteiger partial charge in [-0.1, -0.05) is 12.1 Å². The zero-order chi connectivity index (χ0) is 13.2. The van der Waals surface area contributed by atoms with E-state index >= 15 is 0 Å². The minimum Gasteiger partial charge on any atom is -0.440 e. The van der Waals surface area contributed by atoms with Gasteiger partial charge in [-0.3, -0.25) is 0 Å². The third kappa shape index (κ3) is 2.56. The van der Waals surface area contributed by atoms with Gasteiger partial charge < -0.3 is 10.2 Å². The molecule has 0 atom stereocenters. The van der Waals surface area contributed by atoms with Crippen LogP contribution in [0.15, 0.2) is 51.8 Å². The summed E-state index contributed by atoms with van der Waals surface area (Å²) in [6, 6.07) is 12.2. The Hall–Kier alpha value is -2.01. The number of aromatic nitrogens is 1. The highest BCUT2D eigenvalue weighted by atomic mass is 32.2. The molecule has 0 aliphatic heterocycles. The zero-order valence-corrected chi connectivity index (χ0v) is 10.8. The fourth-order valence-electron chi connectivity index (χ4n) is 1.76. The second kappa shape index (κ2) is 4.93. The molecule has 2 aromatic carbocycles. The maximum absolute atomic E-state index is 13.6. The van der Waals surface area contributed by atoms with E-state index in [1.807, 2.05) is 24.3 Å². The summed E-state index contributed by atoms with van der Waals surface area (Å²) in [6.07, 6.45) is 0. The highest BCUT2D eigenvalue weighted by Crippen LogP contribution is 2.27. The molecule has 3 nitrogen and oxygen atoms in total. The minimum atomic E-state index is -0.318. The van der Waals surface area contributed by atoms with Crippen molar-refractivity contribution >= 4 is 28.5 Å². The predicted octanol–water partition coefficient (Wildman–Crippen LogP) is 3.84. The first-order chi connectivity index (χ1) is 9.22. The number of hydrogen-bond acceptors (Lipinski definition) is 4. The van der Waals surface area contributed by atoms with Crippen molar-refractivity contribution in [3.05, 3.63) is 54.2 Å². The van der Waals surface area contributed by atoms with E-state index in [-0.39, 0.29) is 5.82 Å². The minimum absolute atomic E-state index is 0.318. The Bertz CT molecular complexity index is 693. The van der Waals surface area contributed by atoms with Crippen LogP contribution in [0.4, 0.5) is 10.1 Å². The standard InChI is InChI=1S/C14H11FN2OS/c15-10-7-9(16)5-6-13(10)19-8-14-17-11-3-1-2-4-12(11)18-14/h1-7H,8,16H2. The molecule has 0 saturated heterocycles.